The lowest BCUT2D eigenvalue weighted by atomic mass is 10.2. The molecule has 0 atom stereocenters. The number of hydrogen-bond acceptors (Lipinski definition) is 9. The van der Waals surface area contributed by atoms with Crippen molar-refractivity contribution < 1.29 is 31.8 Å². The van der Waals surface area contributed by atoms with E-state index in [1.54, 1.807) is 30.3 Å². The van der Waals surface area contributed by atoms with Gasteiger partial charge in [0.15, 0.2) is 11.5 Å². The van der Waals surface area contributed by atoms with E-state index in [-0.39, 0.29) is 21.7 Å². The molecule has 182 valence electrons. The predicted molar refractivity (Wildman–Crippen MR) is 126 cm³/mol. The summed E-state index contributed by atoms with van der Waals surface area (Å²) in [7, 11) is -4.01. The summed E-state index contributed by atoms with van der Waals surface area (Å²) < 4.78 is 54.9. The SMILES string of the molecule is CCOCCCNc1oc(-c2ccc(OCC)cc2)nc1S(=O)(=O)c1ccc2c(c1)OCCO2. The van der Waals surface area contributed by atoms with Gasteiger partial charge in [0.2, 0.25) is 26.6 Å². The zero-order valence-corrected chi connectivity index (χ0v) is 20.0. The average Bonchev–Trinajstić information content (AvgIpc) is 3.29. The van der Waals surface area contributed by atoms with Crippen molar-refractivity contribution in [3.05, 3.63) is 42.5 Å². The van der Waals surface area contributed by atoms with E-state index in [0.29, 0.717) is 68.8 Å². The van der Waals surface area contributed by atoms with Crippen LogP contribution in [0.2, 0.25) is 0 Å². The van der Waals surface area contributed by atoms with E-state index >= 15 is 0 Å². The Hall–Kier alpha value is -3.24. The summed E-state index contributed by atoms with van der Waals surface area (Å²) in [6.45, 7) is 6.78. The van der Waals surface area contributed by atoms with Gasteiger partial charge in [-0.25, -0.2) is 8.42 Å². The first-order valence-corrected chi connectivity index (χ1v) is 12.7. The van der Waals surface area contributed by atoms with E-state index in [9.17, 15) is 8.42 Å². The molecule has 9 nitrogen and oxygen atoms in total. The van der Waals surface area contributed by atoms with Crippen LogP contribution in [-0.4, -0.2) is 53.0 Å². The van der Waals surface area contributed by atoms with Gasteiger partial charge >= 0.3 is 0 Å². The molecule has 2 aromatic carbocycles. The molecule has 2 heterocycles. The number of nitrogens with zero attached hydrogens (tertiary/aromatic N) is 1. The third kappa shape index (κ3) is 5.28. The maximum absolute atomic E-state index is 13.6. The standard InChI is InChI=1S/C24H28N2O7S/c1-3-29-13-5-12-25-23-24(26-22(33-23)17-6-8-18(9-7-17)30-4-2)34(27,28)19-10-11-20-21(16-19)32-15-14-31-20/h6-11,16,25H,3-5,12-15H2,1-2H3. The zero-order chi connectivity index (χ0) is 24.0. The molecule has 3 aromatic rings. The second-order valence-electron chi connectivity index (χ2n) is 7.40. The Bertz CT molecular complexity index is 1210. The summed E-state index contributed by atoms with van der Waals surface area (Å²) in [6.07, 6.45) is 0.677. The molecular formula is C24H28N2O7S. The molecule has 0 bridgehead atoms. The fourth-order valence-corrected chi connectivity index (χ4v) is 4.70. The molecule has 0 aliphatic carbocycles. The third-order valence-corrected chi connectivity index (χ3v) is 6.70. The minimum absolute atomic E-state index is 0.0423. The normalized spacial score (nSPS) is 13.0. The van der Waals surface area contributed by atoms with Crippen LogP contribution in [-0.2, 0) is 14.6 Å². The summed E-state index contributed by atoms with van der Waals surface area (Å²) in [5, 5.41) is 2.87. The van der Waals surface area contributed by atoms with E-state index in [1.807, 2.05) is 13.8 Å². The molecule has 1 aliphatic heterocycles. The number of benzene rings is 2. The molecule has 34 heavy (non-hydrogen) atoms. The van der Waals surface area contributed by atoms with Crippen LogP contribution in [0.15, 0.2) is 56.8 Å². The molecule has 1 N–H and O–H groups in total. The lowest BCUT2D eigenvalue weighted by Gasteiger charge is -2.18. The topological polar surface area (TPSA) is 109 Å². The molecule has 0 amide bonds. The van der Waals surface area contributed by atoms with Gasteiger partial charge in [-0.05, 0) is 56.7 Å². The van der Waals surface area contributed by atoms with Crippen molar-refractivity contribution >= 4 is 15.7 Å². The fraction of sp³-hybridized carbons (Fsp3) is 0.375. The maximum Gasteiger partial charge on any atom is 0.233 e. The van der Waals surface area contributed by atoms with Crippen LogP contribution in [0.25, 0.3) is 11.5 Å². The van der Waals surface area contributed by atoms with Gasteiger partial charge in [0, 0.05) is 31.4 Å². The largest absolute Gasteiger partial charge is 0.494 e. The van der Waals surface area contributed by atoms with Gasteiger partial charge in [-0.1, -0.05) is 0 Å². The van der Waals surface area contributed by atoms with Crippen LogP contribution in [0.3, 0.4) is 0 Å². The van der Waals surface area contributed by atoms with Crippen molar-refractivity contribution in [2.75, 3.05) is 44.9 Å². The molecule has 4 rings (SSSR count). The summed E-state index contributed by atoms with van der Waals surface area (Å²) in [5.41, 5.74) is 0.629. The van der Waals surface area contributed by atoms with Crippen LogP contribution in [0, 0.1) is 0 Å². The Balaban J connectivity index is 1.67. The first kappa shape index (κ1) is 23.9. The molecular weight excluding hydrogens is 460 g/mol. The monoisotopic (exact) mass is 488 g/mol. The molecule has 0 spiro atoms. The van der Waals surface area contributed by atoms with E-state index in [0.717, 1.165) is 0 Å². The van der Waals surface area contributed by atoms with E-state index < -0.39 is 9.84 Å². The quantitative estimate of drug-likeness (QED) is 0.398. The number of anilines is 1. The van der Waals surface area contributed by atoms with Gasteiger partial charge in [-0.2, -0.15) is 4.98 Å². The van der Waals surface area contributed by atoms with Crippen LogP contribution < -0.4 is 19.5 Å². The van der Waals surface area contributed by atoms with Crippen LogP contribution in [0.4, 0.5) is 5.88 Å². The Kier molecular flexibility index (Phi) is 7.59. The van der Waals surface area contributed by atoms with Crippen molar-refractivity contribution in [1.82, 2.24) is 4.98 Å². The van der Waals surface area contributed by atoms with Crippen molar-refractivity contribution in [2.45, 2.75) is 30.2 Å². The van der Waals surface area contributed by atoms with E-state index in [2.05, 4.69) is 10.3 Å². The number of ether oxygens (including phenoxy) is 4. The molecule has 0 saturated heterocycles. The van der Waals surface area contributed by atoms with Crippen LogP contribution >= 0.6 is 0 Å². The number of fused-ring (bicyclic) bond motifs is 1. The highest BCUT2D eigenvalue weighted by molar-refractivity contribution is 7.91. The van der Waals surface area contributed by atoms with Gasteiger partial charge in [0.1, 0.15) is 19.0 Å². The summed E-state index contributed by atoms with van der Waals surface area (Å²) in [6, 6.07) is 11.6. The molecule has 1 aromatic heterocycles. The van der Waals surface area contributed by atoms with Crippen LogP contribution in [0.1, 0.15) is 20.3 Å². The minimum Gasteiger partial charge on any atom is -0.494 e. The van der Waals surface area contributed by atoms with Gasteiger partial charge in [-0.15, -0.1) is 0 Å². The number of hydrogen-bond donors (Lipinski definition) is 1. The molecule has 0 unspecified atom stereocenters. The first-order chi connectivity index (χ1) is 16.5. The second kappa shape index (κ2) is 10.8. The zero-order valence-electron chi connectivity index (χ0n) is 19.2. The highest BCUT2D eigenvalue weighted by Crippen LogP contribution is 2.37. The number of rotatable bonds is 11. The Morgan fingerprint density at radius 2 is 1.76 bits per heavy atom. The minimum atomic E-state index is -4.01. The first-order valence-electron chi connectivity index (χ1n) is 11.2. The predicted octanol–water partition coefficient (Wildman–Crippen LogP) is 4.18. The number of sulfone groups is 1. The highest BCUT2D eigenvalue weighted by atomic mass is 32.2. The van der Waals surface area contributed by atoms with E-state index in [4.69, 9.17) is 23.4 Å². The van der Waals surface area contributed by atoms with Crippen molar-refractivity contribution in [2.24, 2.45) is 0 Å². The summed E-state index contributed by atoms with van der Waals surface area (Å²) in [5.74, 6) is 1.86. The smallest absolute Gasteiger partial charge is 0.233 e. The Labute approximate surface area is 198 Å². The van der Waals surface area contributed by atoms with Crippen LogP contribution in [0.5, 0.6) is 17.2 Å². The van der Waals surface area contributed by atoms with Gasteiger partial charge in [0.25, 0.3) is 0 Å². The Morgan fingerprint density at radius 3 is 2.50 bits per heavy atom. The number of nitrogens with one attached hydrogen (secondary N) is 1. The van der Waals surface area contributed by atoms with Gasteiger partial charge in [0.05, 0.1) is 11.5 Å². The van der Waals surface area contributed by atoms with Gasteiger partial charge in [-0.3, -0.25) is 0 Å². The van der Waals surface area contributed by atoms with Crippen molar-refractivity contribution in [3.63, 3.8) is 0 Å². The molecule has 10 heteroatoms. The molecule has 0 saturated carbocycles. The summed E-state index contributed by atoms with van der Waals surface area (Å²) >= 11 is 0. The van der Waals surface area contributed by atoms with E-state index in [1.165, 1.54) is 12.1 Å². The second-order valence-corrected chi connectivity index (χ2v) is 9.26. The number of oxazole rings is 1. The third-order valence-electron chi connectivity index (χ3n) is 5.04. The van der Waals surface area contributed by atoms with Crippen molar-refractivity contribution in [3.8, 4) is 28.7 Å². The van der Waals surface area contributed by atoms with Crippen molar-refractivity contribution in [1.29, 1.82) is 0 Å². The molecule has 1 aliphatic rings. The lowest BCUT2D eigenvalue weighted by Crippen LogP contribution is -2.16. The molecule has 0 radical (unpaired) electrons. The average molecular weight is 489 g/mol. The van der Waals surface area contributed by atoms with Gasteiger partial charge < -0.3 is 28.7 Å². The maximum atomic E-state index is 13.6. The Morgan fingerprint density at radius 1 is 1.00 bits per heavy atom. The fourth-order valence-electron chi connectivity index (χ4n) is 3.41. The lowest BCUT2D eigenvalue weighted by molar-refractivity contribution is 0.147. The number of aromatic nitrogens is 1. The summed E-state index contributed by atoms with van der Waals surface area (Å²) in [4.78, 5) is 4.41. The highest BCUT2D eigenvalue weighted by Gasteiger charge is 2.30. The molecule has 0 fully saturated rings.